The van der Waals surface area contributed by atoms with Crippen LogP contribution in [0.4, 0.5) is 0 Å². The van der Waals surface area contributed by atoms with Crippen molar-refractivity contribution in [3.05, 3.63) is 52.5 Å². The maximum Gasteiger partial charge on any atom is 0.153 e. The minimum Gasteiger partial charge on any atom is -0.507 e. The number of rotatable bonds is 2. The molecule has 0 unspecified atom stereocenters. The quantitative estimate of drug-likeness (QED) is 0.818. The largest absolute Gasteiger partial charge is 0.507 e. The van der Waals surface area contributed by atoms with Crippen LogP contribution in [-0.2, 0) is 0 Å². The van der Waals surface area contributed by atoms with Crippen LogP contribution in [-0.4, -0.2) is 11.4 Å². The number of benzene rings is 2. The summed E-state index contributed by atoms with van der Waals surface area (Å²) in [7, 11) is 0. The van der Waals surface area contributed by atoms with Gasteiger partial charge < -0.3 is 5.11 Å². The molecule has 1 N–H and O–H groups in total. The lowest BCUT2D eigenvalue weighted by Gasteiger charge is -2.06. The molecule has 0 atom stereocenters. The SMILES string of the molecule is Cc1cc(-c2ccc(O)c(C=O)c2)ccc1Cl. The summed E-state index contributed by atoms with van der Waals surface area (Å²) in [6.45, 7) is 1.92. The van der Waals surface area contributed by atoms with Crippen molar-refractivity contribution in [2.75, 3.05) is 0 Å². The van der Waals surface area contributed by atoms with Crippen LogP contribution in [0.25, 0.3) is 11.1 Å². The highest BCUT2D eigenvalue weighted by Crippen LogP contribution is 2.27. The standard InChI is InChI=1S/C14H11ClO2/c1-9-6-10(2-4-13(9)15)11-3-5-14(17)12(7-11)8-16/h2-8,17H,1H3. The fourth-order valence-electron chi connectivity index (χ4n) is 1.65. The molecule has 0 saturated carbocycles. The van der Waals surface area contributed by atoms with Crippen molar-refractivity contribution in [2.24, 2.45) is 0 Å². The summed E-state index contributed by atoms with van der Waals surface area (Å²) < 4.78 is 0. The number of phenols is 1. The van der Waals surface area contributed by atoms with E-state index < -0.39 is 0 Å². The van der Waals surface area contributed by atoms with Gasteiger partial charge in [0.25, 0.3) is 0 Å². The zero-order chi connectivity index (χ0) is 12.4. The summed E-state index contributed by atoms with van der Waals surface area (Å²) in [5.41, 5.74) is 3.11. The van der Waals surface area contributed by atoms with Gasteiger partial charge in [-0.15, -0.1) is 0 Å². The number of phenolic OH excluding ortho intramolecular Hbond substituents is 1. The number of aldehydes is 1. The van der Waals surface area contributed by atoms with Gasteiger partial charge in [-0.3, -0.25) is 4.79 Å². The van der Waals surface area contributed by atoms with Crippen molar-refractivity contribution in [2.45, 2.75) is 6.92 Å². The fraction of sp³-hybridized carbons (Fsp3) is 0.0714. The average molecular weight is 247 g/mol. The van der Waals surface area contributed by atoms with Gasteiger partial charge in [-0.25, -0.2) is 0 Å². The summed E-state index contributed by atoms with van der Waals surface area (Å²) in [5.74, 6) is -0.00515. The molecule has 0 fully saturated rings. The second kappa shape index (κ2) is 4.60. The van der Waals surface area contributed by atoms with Gasteiger partial charge in [0, 0.05) is 5.02 Å². The second-order valence-electron chi connectivity index (χ2n) is 3.86. The third-order valence-electron chi connectivity index (χ3n) is 2.65. The number of hydrogen-bond donors (Lipinski definition) is 1. The molecule has 0 aromatic heterocycles. The first-order valence-corrected chi connectivity index (χ1v) is 5.54. The lowest BCUT2D eigenvalue weighted by molar-refractivity contribution is 0.112. The molecule has 0 radical (unpaired) electrons. The first kappa shape index (κ1) is 11.7. The van der Waals surface area contributed by atoms with Crippen molar-refractivity contribution in [1.29, 1.82) is 0 Å². The van der Waals surface area contributed by atoms with Crippen LogP contribution in [0.2, 0.25) is 5.02 Å². The van der Waals surface area contributed by atoms with E-state index in [0.717, 1.165) is 16.7 Å². The van der Waals surface area contributed by atoms with E-state index >= 15 is 0 Å². The maximum absolute atomic E-state index is 10.8. The zero-order valence-electron chi connectivity index (χ0n) is 9.27. The average Bonchev–Trinajstić information content (AvgIpc) is 2.33. The molecule has 2 nitrogen and oxygen atoms in total. The van der Waals surface area contributed by atoms with Gasteiger partial charge in [-0.1, -0.05) is 23.7 Å². The van der Waals surface area contributed by atoms with Crippen LogP contribution in [0.3, 0.4) is 0 Å². The maximum atomic E-state index is 10.8. The highest BCUT2D eigenvalue weighted by atomic mass is 35.5. The van der Waals surface area contributed by atoms with Crippen molar-refractivity contribution < 1.29 is 9.90 Å². The second-order valence-corrected chi connectivity index (χ2v) is 4.26. The van der Waals surface area contributed by atoms with Crippen LogP contribution < -0.4 is 0 Å². The number of carbonyl (C=O) groups is 1. The van der Waals surface area contributed by atoms with Gasteiger partial charge in [-0.2, -0.15) is 0 Å². The minimum absolute atomic E-state index is 0.00515. The van der Waals surface area contributed by atoms with Gasteiger partial charge in [0.05, 0.1) is 5.56 Å². The number of carbonyl (C=O) groups excluding carboxylic acids is 1. The highest BCUT2D eigenvalue weighted by Gasteiger charge is 2.05. The van der Waals surface area contributed by atoms with E-state index in [1.807, 2.05) is 25.1 Å². The molecule has 3 heteroatoms. The van der Waals surface area contributed by atoms with Gasteiger partial charge in [0.15, 0.2) is 6.29 Å². The zero-order valence-corrected chi connectivity index (χ0v) is 10.0. The lowest BCUT2D eigenvalue weighted by Crippen LogP contribution is -1.85. The molecule has 2 rings (SSSR count). The van der Waals surface area contributed by atoms with Crippen LogP contribution in [0, 0.1) is 6.92 Å². The monoisotopic (exact) mass is 246 g/mol. The third-order valence-corrected chi connectivity index (χ3v) is 3.07. The van der Waals surface area contributed by atoms with Crippen molar-refractivity contribution in [3.63, 3.8) is 0 Å². The first-order valence-electron chi connectivity index (χ1n) is 5.16. The molecule has 0 aliphatic carbocycles. The number of halogens is 1. The number of aromatic hydroxyl groups is 1. The predicted octanol–water partition coefficient (Wildman–Crippen LogP) is 3.83. The van der Waals surface area contributed by atoms with Crippen LogP contribution >= 0.6 is 11.6 Å². The Balaban J connectivity index is 2.52. The van der Waals surface area contributed by atoms with Gasteiger partial charge in [-0.05, 0) is 47.9 Å². The Kier molecular flexibility index (Phi) is 3.16. The molecule has 86 valence electrons. The summed E-state index contributed by atoms with van der Waals surface area (Å²) in [6.07, 6.45) is 0.640. The Hall–Kier alpha value is -1.80. The topological polar surface area (TPSA) is 37.3 Å². The molecule has 2 aromatic rings. The molecule has 0 heterocycles. The van der Waals surface area contributed by atoms with Crippen molar-refractivity contribution in [1.82, 2.24) is 0 Å². The Morgan fingerprint density at radius 2 is 1.76 bits per heavy atom. The smallest absolute Gasteiger partial charge is 0.153 e. The number of hydrogen-bond acceptors (Lipinski definition) is 2. The third kappa shape index (κ3) is 2.32. The minimum atomic E-state index is -0.00515. The van der Waals surface area contributed by atoms with Gasteiger partial charge in [0.2, 0.25) is 0 Å². The lowest BCUT2D eigenvalue weighted by atomic mass is 10.0. The van der Waals surface area contributed by atoms with E-state index in [2.05, 4.69) is 0 Å². The molecular formula is C14H11ClO2. The fourth-order valence-corrected chi connectivity index (χ4v) is 1.77. The molecule has 2 aromatic carbocycles. The highest BCUT2D eigenvalue weighted by molar-refractivity contribution is 6.31. The molecule has 0 aliphatic rings. The Morgan fingerprint density at radius 3 is 2.41 bits per heavy atom. The Labute approximate surface area is 104 Å². The normalized spacial score (nSPS) is 10.2. The van der Waals surface area contributed by atoms with Crippen LogP contribution in [0.5, 0.6) is 5.75 Å². The molecule has 0 aliphatic heterocycles. The van der Waals surface area contributed by atoms with Gasteiger partial charge in [0.1, 0.15) is 5.75 Å². The van der Waals surface area contributed by atoms with Crippen LogP contribution in [0.15, 0.2) is 36.4 Å². The first-order chi connectivity index (χ1) is 8.11. The van der Waals surface area contributed by atoms with Crippen molar-refractivity contribution >= 4 is 17.9 Å². The summed E-state index contributed by atoms with van der Waals surface area (Å²) in [5, 5.41) is 10.1. The molecule has 0 bridgehead atoms. The predicted molar refractivity (Wildman–Crippen MR) is 68.7 cm³/mol. The Morgan fingerprint density at radius 1 is 1.12 bits per heavy atom. The van der Waals surface area contributed by atoms with Crippen molar-refractivity contribution in [3.8, 4) is 16.9 Å². The molecule has 0 amide bonds. The molecule has 17 heavy (non-hydrogen) atoms. The molecule has 0 saturated heterocycles. The van der Waals surface area contributed by atoms with E-state index in [9.17, 15) is 9.90 Å². The molecular weight excluding hydrogens is 236 g/mol. The summed E-state index contributed by atoms with van der Waals surface area (Å²) in [6, 6.07) is 10.6. The summed E-state index contributed by atoms with van der Waals surface area (Å²) in [4.78, 5) is 10.8. The van der Waals surface area contributed by atoms with E-state index in [1.165, 1.54) is 6.07 Å². The van der Waals surface area contributed by atoms with E-state index in [-0.39, 0.29) is 11.3 Å². The van der Waals surface area contributed by atoms with E-state index in [4.69, 9.17) is 11.6 Å². The van der Waals surface area contributed by atoms with Gasteiger partial charge >= 0.3 is 0 Å². The summed E-state index contributed by atoms with van der Waals surface area (Å²) >= 11 is 5.96. The van der Waals surface area contributed by atoms with Crippen LogP contribution in [0.1, 0.15) is 15.9 Å². The molecule has 0 spiro atoms. The van der Waals surface area contributed by atoms with E-state index in [1.54, 1.807) is 12.1 Å². The number of aryl methyl sites for hydroxylation is 1. The van der Waals surface area contributed by atoms with E-state index in [0.29, 0.717) is 11.3 Å². The Bertz CT molecular complexity index is 576.